The van der Waals surface area contributed by atoms with Crippen molar-refractivity contribution < 1.29 is 14.4 Å². The van der Waals surface area contributed by atoms with Crippen LogP contribution in [0.4, 0.5) is 5.82 Å². The van der Waals surface area contributed by atoms with Crippen molar-refractivity contribution in [1.29, 1.82) is 0 Å². The molecule has 21 heavy (non-hydrogen) atoms. The molecule has 2 heterocycles. The van der Waals surface area contributed by atoms with Crippen LogP contribution in [0.3, 0.4) is 0 Å². The molecule has 7 heteroatoms. The van der Waals surface area contributed by atoms with Gasteiger partial charge in [0.15, 0.2) is 0 Å². The van der Waals surface area contributed by atoms with E-state index in [0.29, 0.717) is 11.3 Å². The molecule has 4 N–H and O–H groups in total. The lowest BCUT2D eigenvalue weighted by molar-refractivity contribution is 0.00578. The van der Waals surface area contributed by atoms with Gasteiger partial charge in [0.05, 0.1) is 17.8 Å². The summed E-state index contributed by atoms with van der Waals surface area (Å²) in [4.78, 5) is 4.12. The number of hydrazine groups is 1. The molecule has 0 bridgehead atoms. The Labute approximate surface area is 125 Å². The maximum atomic E-state index is 9.61. The Hall–Kier alpha value is -1.41. The van der Waals surface area contributed by atoms with Crippen LogP contribution in [0.5, 0.6) is 0 Å². The monoisotopic (exact) mass is 291 g/mol. The summed E-state index contributed by atoms with van der Waals surface area (Å²) >= 11 is 0. The maximum absolute atomic E-state index is 9.61. The molecule has 0 unspecified atom stereocenters. The zero-order chi connectivity index (χ0) is 15.7. The van der Waals surface area contributed by atoms with Gasteiger partial charge in [-0.15, -0.1) is 0 Å². The molecule has 1 aromatic heterocycles. The van der Waals surface area contributed by atoms with E-state index in [2.05, 4.69) is 10.4 Å². The molecular formula is C14H22BN3O3. The van der Waals surface area contributed by atoms with Crippen molar-refractivity contribution in [3.63, 3.8) is 0 Å². The molecule has 1 fully saturated rings. The summed E-state index contributed by atoms with van der Waals surface area (Å²) in [6, 6.07) is 3.61. The summed E-state index contributed by atoms with van der Waals surface area (Å²) in [5.41, 5.74) is 3.10. The summed E-state index contributed by atoms with van der Waals surface area (Å²) in [5.74, 6) is 5.86. The van der Waals surface area contributed by atoms with Gasteiger partial charge in [-0.1, -0.05) is 6.08 Å². The first-order valence-corrected chi connectivity index (χ1v) is 6.89. The Bertz CT molecular complexity index is 513. The molecule has 2 rings (SSSR count). The number of nitrogens with zero attached hydrogens (tertiary/aromatic N) is 1. The number of nitrogens with one attached hydrogen (secondary N) is 1. The topological polar surface area (TPSA) is 89.6 Å². The average molecular weight is 291 g/mol. The first-order chi connectivity index (χ1) is 9.79. The van der Waals surface area contributed by atoms with Gasteiger partial charge in [0.2, 0.25) is 0 Å². The van der Waals surface area contributed by atoms with Crippen molar-refractivity contribution in [2.75, 3.05) is 12.0 Å². The van der Waals surface area contributed by atoms with Crippen molar-refractivity contribution in [3.05, 3.63) is 29.4 Å². The Morgan fingerprint density at radius 2 is 1.95 bits per heavy atom. The summed E-state index contributed by atoms with van der Waals surface area (Å²) in [6.07, 6.45) is 3.48. The van der Waals surface area contributed by atoms with Gasteiger partial charge in [-0.05, 0) is 50.9 Å². The Morgan fingerprint density at radius 3 is 2.38 bits per heavy atom. The lowest BCUT2D eigenvalue weighted by Gasteiger charge is -2.32. The van der Waals surface area contributed by atoms with Crippen LogP contribution < -0.4 is 11.3 Å². The van der Waals surface area contributed by atoms with Gasteiger partial charge in [0.1, 0.15) is 5.82 Å². The lowest BCUT2D eigenvalue weighted by atomic mass is 9.77. The number of nitrogen functional groups attached to an aromatic ring is 1. The van der Waals surface area contributed by atoms with Crippen LogP contribution in [-0.2, 0) is 9.31 Å². The summed E-state index contributed by atoms with van der Waals surface area (Å²) < 4.78 is 11.9. The third-order valence-corrected chi connectivity index (χ3v) is 4.02. The number of aliphatic hydroxyl groups is 1. The second kappa shape index (κ2) is 5.77. The molecule has 0 radical (unpaired) electrons. The molecule has 1 aliphatic rings. The SMILES string of the molecule is CC1(C)OB(C(=Cc2ccc(NN)nc2)CO)OC1(C)C. The quantitative estimate of drug-likeness (QED) is 0.441. The molecule has 114 valence electrons. The summed E-state index contributed by atoms with van der Waals surface area (Å²) in [7, 11) is -0.563. The zero-order valence-electron chi connectivity index (χ0n) is 12.9. The fourth-order valence-electron chi connectivity index (χ4n) is 1.97. The molecule has 6 nitrogen and oxygen atoms in total. The highest BCUT2D eigenvalue weighted by atomic mass is 16.7. The van der Waals surface area contributed by atoms with E-state index in [1.807, 2.05) is 39.8 Å². The smallest absolute Gasteiger partial charge is 0.400 e. The number of pyridine rings is 1. The molecule has 0 atom stereocenters. The minimum absolute atomic E-state index is 0.145. The number of hydrogen-bond donors (Lipinski definition) is 3. The number of aromatic nitrogens is 1. The number of hydrogen-bond acceptors (Lipinski definition) is 6. The van der Waals surface area contributed by atoms with E-state index < -0.39 is 18.3 Å². The first-order valence-electron chi connectivity index (χ1n) is 6.89. The second-order valence-electron chi connectivity index (χ2n) is 6.09. The van der Waals surface area contributed by atoms with Crippen LogP contribution in [0, 0.1) is 0 Å². The Morgan fingerprint density at radius 1 is 1.33 bits per heavy atom. The Balaban J connectivity index is 2.22. The maximum Gasteiger partial charge on any atom is 0.492 e. The van der Waals surface area contributed by atoms with Gasteiger partial charge in [-0.25, -0.2) is 10.8 Å². The molecule has 1 aromatic rings. The normalized spacial score (nSPS) is 20.7. The predicted octanol–water partition coefficient (Wildman–Crippen LogP) is 1.37. The fraction of sp³-hybridized carbons (Fsp3) is 0.500. The first kappa shape index (κ1) is 16.0. The van der Waals surface area contributed by atoms with Crippen molar-refractivity contribution in [1.82, 2.24) is 4.98 Å². The molecule has 0 aliphatic carbocycles. The third-order valence-electron chi connectivity index (χ3n) is 4.02. The van der Waals surface area contributed by atoms with Gasteiger partial charge < -0.3 is 19.8 Å². The van der Waals surface area contributed by atoms with Crippen LogP contribution in [0.15, 0.2) is 23.8 Å². The minimum Gasteiger partial charge on any atom is -0.400 e. The molecule has 1 saturated heterocycles. The molecule has 0 saturated carbocycles. The number of aliphatic hydroxyl groups excluding tert-OH is 1. The lowest BCUT2D eigenvalue weighted by Crippen LogP contribution is -2.41. The van der Waals surface area contributed by atoms with E-state index in [1.165, 1.54) is 0 Å². The van der Waals surface area contributed by atoms with Crippen LogP contribution in [0.25, 0.3) is 6.08 Å². The molecule has 0 aromatic carbocycles. The Kier molecular flexibility index (Phi) is 4.39. The van der Waals surface area contributed by atoms with E-state index in [9.17, 15) is 5.11 Å². The van der Waals surface area contributed by atoms with Crippen molar-refractivity contribution in [3.8, 4) is 0 Å². The highest BCUT2D eigenvalue weighted by molar-refractivity contribution is 6.55. The van der Waals surface area contributed by atoms with Gasteiger partial charge in [-0.2, -0.15) is 0 Å². The van der Waals surface area contributed by atoms with Gasteiger partial charge in [0, 0.05) is 6.20 Å². The van der Waals surface area contributed by atoms with Crippen LogP contribution in [-0.4, -0.2) is 35.0 Å². The zero-order valence-corrected chi connectivity index (χ0v) is 12.9. The van der Waals surface area contributed by atoms with E-state index in [4.69, 9.17) is 15.2 Å². The summed E-state index contributed by atoms with van der Waals surface area (Å²) in [5, 5.41) is 9.61. The van der Waals surface area contributed by atoms with E-state index >= 15 is 0 Å². The van der Waals surface area contributed by atoms with Crippen molar-refractivity contribution >= 4 is 19.0 Å². The largest absolute Gasteiger partial charge is 0.492 e. The highest BCUT2D eigenvalue weighted by Gasteiger charge is 2.52. The molecule has 0 spiro atoms. The average Bonchev–Trinajstić information content (AvgIpc) is 2.65. The molecular weight excluding hydrogens is 269 g/mol. The predicted molar refractivity (Wildman–Crippen MR) is 83.2 cm³/mol. The standard InChI is InChI=1S/C14H22BN3O3/c1-13(2)14(3,4)21-15(20-13)11(9-19)7-10-5-6-12(18-16)17-8-10/h5-8,19H,9,16H2,1-4H3,(H,17,18). The van der Waals surface area contributed by atoms with Crippen molar-refractivity contribution in [2.45, 2.75) is 38.9 Å². The van der Waals surface area contributed by atoms with Crippen LogP contribution >= 0.6 is 0 Å². The minimum atomic E-state index is -0.563. The van der Waals surface area contributed by atoms with Crippen molar-refractivity contribution in [2.24, 2.45) is 5.84 Å². The van der Waals surface area contributed by atoms with Crippen LogP contribution in [0.2, 0.25) is 0 Å². The molecule has 0 amide bonds. The van der Waals surface area contributed by atoms with E-state index in [0.717, 1.165) is 5.56 Å². The third kappa shape index (κ3) is 3.27. The van der Waals surface area contributed by atoms with Gasteiger partial charge >= 0.3 is 7.12 Å². The van der Waals surface area contributed by atoms with Gasteiger partial charge in [-0.3, -0.25) is 0 Å². The van der Waals surface area contributed by atoms with E-state index in [1.54, 1.807) is 12.3 Å². The highest BCUT2D eigenvalue weighted by Crippen LogP contribution is 2.38. The fourth-order valence-corrected chi connectivity index (χ4v) is 1.97. The van der Waals surface area contributed by atoms with E-state index in [-0.39, 0.29) is 6.61 Å². The summed E-state index contributed by atoms with van der Waals surface area (Å²) in [6.45, 7) is 7.76. The second-order valence-corrected chi connectivity index (χ2v) is 6.09. The van der Waals surface area contributed by atoms with Crippen LogP contribution in [0.1, 0.15) is 33.3 Å². The number of nitrogens with two attached hydrogens (primary N) is 1. The molecule has 1 aliphatic heterocycles. The number of anilines is 1. The number of rotatable bonds is 4. The van der Waals surface area contributed by atoms with Gasteiger partial charge in [0.25, 0.3) is 0 Å².